The molecule has 2 aromatic rings. The Bertz CT molecular complexity index is 1020. The van der Waals surface area contributed by atoms with Gasteiger partial charge in [-0.2, -0.15) is 4.98 Å². The Hall–Kier alpha value is -2.67. The summed E-state index contributed by atoms with van der Waals surface area (Å²) in [4.78, 5) is 31.4. The number of methoxy groups -OCH3 is 1. The van der Waals surface area contributed by atoms with Gasteiger partial charge in [0.05, 0.1) is 6.61 Å². The van der Waals surface area contributed by atoms with E-state index in [1.807, 2.05) is 0 Å². The fraction of sp³-hybridized carbons (Fsp3) is 0.542. The highest BCUT2D eigenvalue weighted by Gasteiger charge is 2.39. The first-order chi connectivity index (χ1) is 15.0. The minimum absolute atomic E-state index is 0.0628. The van der Waals surface area contributed by atoms with Crippen molar-refractivity contribution in [2.45, 2.75) is 57.4 Å². The van der Waals surface area contributed by atoms with Gasteiger partial charge >= 0.3 is 5.56 Å². The van der Waals surface area contributed by atoms with Crippen LogP contribution in [-0.4, -0.2) is 52.3 Å². The van der Waals surface area contributed by atoms with E-state index in [1.54, 1.807) is 16.6 Å². The van der Waals surface area contributed by atoms with Crippen LogP contribution < -0.4 is 5.56 Å². The molecule has 0 spiro atoms. The average molecular weight is 426 g/mol. The van der Waals surface area contributed by atoms with Crippen molar-refractivity contribution in [1.29, 1.82) is 0 Å². The van der Waals surface area contributed by atoms with Crippen LogP contribution in [0.1, 0.15) is 60.0 Å². The molecule has 2 aliphatic rings. The molecule has 1 aliphatic carbocycles. The van der Waals surface area contributed by atoms with Gasteiger partial charge in [0.1, 0.15) is 5.82 Å². The standard InChI is InChI=1S/C24H31N3O4/c1-3-17-7-6-8-18(15-17)24(9-4-5-10-24)16-19-25-22(29)21(28)20-23(30)26(13-14-31-2)11-12-27(19)20/h6-8,15,28H,3-5,9-14,16H2,1-2H3. The number of hydrogen-bond acceptors (Lipinski definition) is 5. The van der Waals surface area contributed by atoms with Gasteiger partial charge < -0.3 is 19.3 Å². The number of aromatic hydroxyl groups is 1. The molecule has 1 saturated carbocycles. The second-order valence-electron chi connectivity index (χ2n) is 8.69. The van der Waals surface area contributed by atoms with E-state index in [2.05, 4.69) is 36.2 Å². The first-order valence-corrected chi connectivity index (χ1v) is 11.2. The van der Waals surface area contributed by atoms with Crippen LogP contribution in [-0.2, 0) is 29.5 Å². The number of rotatable bonds is 7. The Labute approximate surface area is 182 Å². The number of aryl methyl sites for hydroxylation is 1. The largest absolute Gasteiger partial charge is 0.501 e. The fourth-order valence-electron chi connectivity index (χ4n) is 5.11. The second-order valence-corrected chi connectivity index (χ2v) is 8.69. The molecule has 1 aliphatic heterocycles. The molecule has 0 saturated heterocycles. The number of ether oxygens (including phenoxy) is 1. The molecule has 0 bridgehead atoms. The molecule has 1 N–H and O–H groups in total. The molecular formula is C24H31N3O4. The Morgan fingerprint density at radius 1 is 1.19 bits per heavy atom. The number of hydrogen-bond donors (Lipinski definition) is 1. The number of benzene rings is 1. The molecule has 1 amide bonds. The lowest BCUT2D eigenvalue weighted by Gasteiger charge is -2.34. The Kier molecular flexibility index (Phi) is 6.14. The molecule has 7 nitrogen and oxygen atoms in total. The summed E-state index contributed by atoms with van der Waals surface area (Å²) < 4.78 is 6.86. The highest BCUT2D eigenvalue weighted by molar-refractivity contribution is 5.95. The van der Waals surface area contributed by atoms with Crippen LogP contribution in [0.3, 0.4) is 0 Å². The van der Waals surface area contributed by atoms with Crippen LogP contribution in [0, 0.1) is 0 Å². The van der Waals surface area contributed by atoms with Gasteiger partial charge in [-0.3, -0.25) is 9.59 Å². The minimum Gasteiger partial charge on any atom is -0.501 e. The second kappa shape index (κ2) is 8.83. The molecule has 166 valence electrons. The van der Waals surface area contributed by atoms with Crippen molar-refractivity contribution in [3.8, 4) is 5.75 Å². The molecule has 0 radical (unpaired) electrons. The minimum atomic E-state index is -0.723. The Balaban J connectivity index is 1.75. The number of aromatic nitrogens is 2. The monoisotopic (exact) mass is 425 g/mol. The van der Waals surface area contributed by atoms with Crippen molar-refractivity contribution in [1.82, 2.24) is 14.5 Å². The number of nitrogens with zero attached hydrogens (tertiary/aromatic N) is 3. The van der Waals surface area contributed by atoms with Gasteiger partial charge in [-0.25, -0.2) is 0 Å². The van der Waals surface area contributed by atoms with E-state index in [9.17, 15) is 14.7 Å². The van der Waals surface area contributed by atoms with Crippen LogP contribution in [0.4, 0.5) is 0 Å². The van der Waals surface area contributed by atoms with Gasteiger partial charge in [0.15, 0.2) is 5.69 Å². The lowest BCUT2D eigenvalue weighted by molar-refractivity contribution is 0.0629. The maximum Gasteiger partial charge on any atom is 0.315 e. The fourth-order valence-corrected chi connectivity index (χ4v) is 5.11. The third-order valence-corrected chi connectivity index (χ3v) is 6.89. The Morgan fingerprint density at radius 3 is 2.68 bits per heavy atom. The van der Waals surface area contributed by atoms with Crippen molar-refractivity contribution in [3.05, 3.63) is 57.3 Å². The van der Waals surface area contributed by atoms with Crippen LogP contribution in [0.15, 0.2) is 29.1 Å². The molecule has 31 heavy (non-hydrogen) atoms. The molecule has 0 unspecified atom stereocenters. The van der Waals surface area contributed by atoms with Crippen LogP contribution >= 0.6 is 0 Å². The summed E-state index contributed by atoms with van der Waals surface area (Å²) in [6, 6.07) is 8.71. The average Bonchev–Trinajstić information content (AvgIpc) is 3.26. The van der Waals surface area contributed by atoms with Crippen molar-refractivity contribution in [2.24, 2.45) is 0 Å². The first-order valence-electron chi connectivity index (χ1n) is 11.2. The van der Waals surface area contributed by atoms with Crippen LogP contribution in [0.25, 0.3) is 0 Å². The van der Waals surface area contributed by atoms with Gasteiger partial charge in [0.25, 0.3) is 5.91 Å². The van der Waals surface area contributed by atoms with E-state index in [0.29, 0.717) is 38.5 Å². The van der Waals surface area contributed by atoms with Gasteiger partial charge in [-0.1, -0.05) is 44.0 Å². The smallest absolute Gasteiger partial charge is 0.315 e. The zero-order valence-corrected chi connectivity index (χ0v) is 18.4. The summed E-state index contributed by atoms with van der Waals surface area (Å²) in [5, 5.41) is 10.4. The molecule has 4 rings (SSSR count). The number of carbonyl (C=O) groups excluding carboxylic acids is 1. The van der Waals surface area contributed by atoms with Crippen molar-refractivity contribution < 1.29 is 14.6 Å². The number of amides is 1. The molecule has 1 fully saturated rings. The Morgan fingerprint density at radius 2 is 1.97 bits per heavy atom. The molecular weight excluding hydrogens is 394 g/mol. The molecule has 1 aromatic heterocycles. The quantitative estimate of drug-likeness (QED) is 0.737. The van der Waals surface area contributed by atoms with Gasteiger partial charge in [-0.15, -0.1) is 0 Å². The molecule has 7 heteroatoms. The molecule has 1 aromatic carbocycles. The first kappa shape index (κ1) is 21.6. The zero-order chi connectivity index (χ0) is 22.0. The molecule has 0 atom stereocenters. The molecule has 2 heterocycles. The maximum absolute atomic E-state index is 13.0. The van der Waals surface area contributed by atoms with E-state index in [0.717, 1.165) is 32.1 Å². The summed E-state index contributed by atoms with van der Waals surface area (Å²) in [5.41, 5.74) is 1.82. The third-order valence-electron chi connectivity index (χ3n) is 6.89. The summed E-state index contributed by atoms with van der Waals surface area (Å²) in [6.45, 7) is 4.00. The summed E-state index contributed by atoms with van der Waals surface area (Å²) in [6.07, 6.45) is 5.89. The number of fused-ring (bicyclic) bond motifs is 1. The zero-order valence-electron chi connectivity index (χ0n) is 18.4. The van der Waals surface area contributed by atoms with Gasteiger partial charge in [0, 0.05) is 38.6 Å². The highest BCUT2D eigenvalue weighted by Crippen LogP contribution is 2.44. The SMILES string of the molecule is CCc1cccc(C2(Cc3nc(=O)c(O)c4n3CCN(CCOC)C4=O)CCCC2)c1. The van der Waals surface area contributed by atoms with Crippen molar-refractivity contribution in [3.63, 3.8) is 0 Å². The maximum atomic E-state index is 13.0. The van der Waals surface area contributed by atoms with Gasteiger partial charge in [-0.05, 0) is 30.4 Å². The van der Waals surface area contributed by atoms with Gasteiger partial charge in [0.2, 0.25) is 5.75 Å². The lowest BCUT2D eigenvalue weighted by atomic mass is 9.75. The van der Waals surface area contributed by atoms with Crippen molar-refractivity contribution in [2.75, 3.05) is 26.8 Å². The third kappa shape index (κ3) is 3.99. The summed E-state index contributed by atoms with van der Waals surface area (Å²) in [7, 11) is 1.58. The number of carbonyl (C=O) groups is 1. The van der Waals surface area contributed by atoms with Crippen LogP contribution in [0.2, 0.25) is 0 Å². The van der Waals surface area contributed by atoms with E-state index in [-0.39, 0.29) is 17.0 Å². The lowest BCUT2D eigenvalue weighted by Crippen LogP contribution is -2.45. The van der Waals surface area contributed by atoms with Crippen molar-refractivity contribution >= 4 is 5.91 Å². The van der Waals surface area contributed by atoms with E-state index >= 15 is 0 Å². The van der Waals surface area contributed by atoms with E-state index in [4.69, 9.17) is 4.74 Å². The topological polar surface area (TPSA) is 84.7 Å². The van der Waals surface area contributed by atoms with E-state index < -0.39 is 11.3 Å². The predicted molar refractivity (Wildman–Crippen MR) is 118 cm³/mol. The van der Waals surface area contributed by atoms with Crippen LogP contribution in [0.5, 0.6) is 5.75 Å². The normalized spacial score (nSPS) is 17.7. The summed E-state index contributed by atoms with van der Waals surface area (Å²) in [5.74, 6) is -0.291. The highest BCUT2D eigenvalue weighted by atomic mass is 16.5. The predicted octanol–water partition coefficient (Wildman–Crippen LogP) is 2.67. The van der Waals surface area contributed by atoms with E-state index in [1.165, 1.54) is 11.1 Å². The summed E-state index contributed by atoms with van der Waals surface area (Å²) >= 11 is 0.